The molecule has 0 aliphatic heterocycles. The summed E-state index contributed by atoms with van der Waals surface area (Å²) in [5, 5.41) is 3.48. The maximum Gasteiger partial charge on any atom is 0.132 e. The highest BCUT2D eigenvalue weighted by molar-refractivity contribution is 5.26. The number of aryl methyl sites for hydroxylation is 2. The predicted molar refractivity (Wildman–Crippen MR) is 81.7 cm³/mol. The lowest BCUT2D eigenvalue weighted by Gasteiger charge is -2.22. The molecule has 2 aliphatic carbocycles. The zero-order valence-corrected chi connectivity index (χ0v) is 13.2. The molecule has 0 aromatic carbocycles. The topological polar surface area (TPSA) is 37.8 Å². The van der Waals surface area contributed by atoms with Gasteiger partial charge in [0, 0.05) is 35.5 Å². The van der Waals surface area contributed by atoms with Gasteiger partial charge in [-0.05, 0) is 44.9 Å². The van der Waals surface area contributed by atoms with E-state index in [4.69, 9.17) is 9.97 Å². The number of nitrogens with one attached hydrogen (secondary N) is 1. The molecule has 0 spiro atoms. The van der Waals surface area contributed by atoms with Crippen LogP contribution in [0.2, 0.25) is 0 Å². The third-order valence-electron chi connectivity index (χ3n) is 5.19. The lowest BCUT2D eigenvalue weighted by Crippen LogP contribution is -2.24. The summed E-state index contributed by atoms with van der Waals surface area (Å²) in [7, 11) is 0. The smallest absolute Gasteiger partial charge is 0.132 e. The fourth-order valence-corrected chi connectivity index (χ4v) is 4.05. The molecule has 2 aliphatic rings. The van der Waals surface area contributed by atoms with Crippen LogP contribution in [0.25, 0.3) is 0 Å². The summed E-state index contributed by atoms with van der Waals surface area (Å²) in [6.45, 7) is 9.52. The number of hydrogen-bond acceptors (Lipinski definition) is 3. The average molecular weight is 273 g/mol. The van der Waals surface area contributed by atoms with Crippen molar-refractivity contribution < 1.29 is 0 Å². The minimum Gasteiger partial charge on any atom is -0.310 e. The van der Waals surface area contributed by atoms with Gasteiger partial charge in [0.15, 0.2) is 0 Å². The van der Waals surface area contributed by atoms with E-state index in [0.29, 0.717) is 12.0 Å². The molecule has 110 valence electrons. The Kier molecular flexibility index (Phi) is 3.80. The van der Waals surface area contributed by atoms with E-state index in [-0.39, 0.29) is 0 Å². The summed E-state index contributed by atoms with van der Waals surface area (Å²) >= 11 is 0. The van der Waals surface area contributed by atoms with Crippen molar-refractivity contribution in [3.63, 3.8) is 0 Å². The Morgan fingerprint density at radius 2 is 1.80 bits per heavy atom. The van der Waals surface area contributed by atoms with Crippen LogP contribution < -0.4 is 5.32 Å². The predicted octanol–water partition coefficient (Wildman–Crippen LogP) is 3.50. The third-order valence-corrected chi connectivity index (χ3v) is 5.19. The molecule has 3 unspecified atom stereocenters. The van der Waals surface area contributed by atoms with Gasteiger partial charge in [0.05, 0.1) is 0 Å². The molecule has 1 aromatic rings. The summed E-state index contributed by atoms with van der Waals surface area (Å²) in [6.07, 6.45) is 5.58. The van der Waals surface area contributed by atoms with Crippen molar-refractivity contribution in [1.82, 2.24) is 15.3 Å². The molecule has 2 fully saturated rings. The second-order valence-corrected chi connectivity index (χ2v) is 7.05. The molecule has 3 heteroatoms. The molecule has 0 radical (unpaired) electrons. The summed E-state index contributed by atoms with van der Waals surface area (Å²) in [5.41, 5.74) is 3.62. The van der Waals surface area contributed by atoms with Gasteiger partial charge in [-0.15, -0.1) is 0 Å². The van der Waals surface area contributed by atoms with Gasteiger partial charge in [-0.25, -0.2) is 9.97 Å². The quantitative estimate of drug-likeness (QED) is 0.912. The second-order valence-electron chi connectivity index (χ2n) is 7.05. The number of hydrogen-bond donors (Lipinski definition) is 1. The number of rotatable bonds is 4. The van der Waals surface area contributed by atoms with Crippen LogP contribution in [0.5, 0.6) is 0 Å². The van der Waals surface area contributed by atoms with E-state index in [1.165, 1.54) is 42.6 Å². The number of nitrogens with zero attached hydrogens (tertiary/aromatic N) is 2. The average Bonchev–Trinajstić information content (AvgIpc) is 2.99. The van der Waals surface area contributed by atoms with E-state index in [9.17, 15) is 0 Å². The molecule has 0 amide bonds. The zero-order chi connectivity index (χ0) is 14.3. The van der Waals surface area contributed by atoms with Gasteiger partial charge >= 0.3 is 0 Å². The van der Waals surface area contributed by atoms with Crippen LogP contribution in [-0.4, -0.2) is 16.0 Å². The number of fused-ring (bicyclic) bond motifs is 2. The highest BCUT2D eigenvalue weighted by Crippen LogP contribution is 2.52. The summed E-state index contributed by atoms with van der Waals surface area (Å²) < 4.78 is 0. The van der Waals surface area contributed by atoms with Gasteiger partial charge in [0.2, 0.25) is 0 Å². The van der Waals surface area contributed by atoms with Crippen LogP contribution in [-0.2, 0) is 6.54 Å². The molecule has 2 bridgehead atoms. The molecule has 2 saturated carbocycles. The Morgan fingerprint density at radius 3 is 2.30 bits per heavy atom. The van der Waals surface area contributed by atoms with E-state index in [0.717, 1.165) is 24.2 Å². The largest absolute Gasteiger partial charge is 0.310 e. The van der Waals surface area contributed by atoms with Crippen LogP contribution in [0, 0.1) is 25.7 Å². The molecule has 1 N–H and O–H groups in total. The monoisotopic (exact) mass is 273 g/mol. The maximum atomic E-state index is 4.86. The fraction of sp³-hybridized carbons (Fsp3) is 0.765. The lowest BCUT2D eigenvalue weighted by atomic mass is 9.88. The van der Waals surface area contributed by atoms with Crippen molar-refractivity contribution in [2.45, 2.75) is 71.9 Å². The van der Waals surface area contributed by atoms with Crippen molar-refractivity contribution in [1.29, 1.82) is 0 Å². The van der Waals surface area contributed by atoms with Gasteiger partial charge < -0.3 is 5.32 Å². The Labute approximate surface area is 122 Å². The van der Waals surface area contributed by atoms with Crippen molar-refractivity contribution in [3.05, 3.63) is 22.8 Å². The Bertz CT molecular complexity index is 472. The molecule has 3 atom stereocenters. The molecule has 3 rings (SSSR count). The molecule has 3 nitrogen and oxygen atoms in total. The van der Waals surface area contributed by atoms with Crippen molar-refractivity contribution in [2.24, 2.45) is 11.8 Å². The SMILES string of the molecule is Cc1nc(C2CC3CCC2C3)nc(C)c1CNC(C)C. The van der Waals surface area contributed by atoms with Crippen molar-refractivity contribution >= 4 is 0 Å². The first-order valence-corrected chi connectivity index (χ1v) is 8.12. The Hall–Kier alpha value is -0.960. The molecular formula is C17H27N3. The summed E-state index contributed by atoms with van der Waals surface area (Å²) in [6, 6.07) is 0.499. The highest BCUT2D eigenvalue weighted by atomic mass is 14.9. The van der Waals surface area contributed by atoms with E-state index in [1.54, 1.807) is 0 Å². The highest BCUT2D eigenvalue weighted by Gasteiger charge is 2.41. The standard InChI is InChI=1S/C17H27N3/c1-10(2)18-9-16-11(3)19-17(20-12(16)4)15-8-13-5-6-14(15)7-13/h10,13-15,18H,5-9H2,1-4H3. The van der Waals surface area contributed by atoms with Crippen molar-refractivity contribution in [2.75, 3.05) is 0 Å². The first-order chi connectivity index (χ1) is 9.54. The van der Waals surface area contributed by atoms with Gasteiger partial charge in [-0.3, -0.25) is 0 Å². The van der Waals surface area contributed by atoms with Crippen LogP contribution >= 0.6 is 0 Å². The van der Waals surface area contributed by atoms with Crippen LogP contribution in [0.1, 0.15) is 68.2 Å². The molecule has 20 heavy (non-hydrogen) atoms. The van der Waals surface area contributed by atoms with Crippen LogP contribution in [0.3, 0.4) is 0 Å². The minimum absolute atomic E-state index is 0.499. The van der Waals surface area contributed by atoms with Crippen molar-refractivity contribution in [3.8, 4) is 0 Å². The summed E-state index contributed by atoms with van der Waals surface area (Å²) in [5.74, 6) is 3.58. The normalized spacial score (nSPS) is 28.6. The first-order valence-electron chi connectivity index (χ1n) is 8.12. The van der Waals surface area contributed by atoms with Gasteiger partial charge in [0.25, 0.3) is 0 Å². The van der Waals surface area contributed by atoms with E-state index < -0.39 is 0 Å². The summed E-state index contributed by atoms with van der Waals surface area (Å²) in [4.78, 5) is 9.72. The lowest BCUT2D eigenvalue weighted by molar-refractivity contribution is 0.403. The maximum absolute atomic E-state index is 4.86. The van der Waals surface area contributed by atoms with Gasteiger partial charge in [-0.2, -0.15) is 0 Å². The molecule has 1 heterocycles. The number of aromatic nitrogens is 2. The fourth-order valence-electron chi connectivity index (χ4n) is 4.05. The Balaban J connectivity index is 1.80. The van der Waals surface area contributed by atoms with E-state index in [2.05, 4.69) is 33.0 Å². The van der Waals surface area contributed by atoms with Gasteiger partial charge in [0.1, 0.15) is 5.82 Å². The van der Waals surface area contributed by atoms with E-state index in [1.807, 2.05) is 0 Å². The zero-order valence-electron chi connectivity index (χ0n) is 13.2. The first kappa shape index (κ1) is 14.0. The molecule has 0 saturated heterocycles. The van der Waals surface area contributed by atoms with Gasteiger partial charge in [-0.1, -0.05) is 20.3 Å². The second kappa shape index (κ2) is 5.44. The third kappa shape index (κ3) is 2.60. The Morgan fingerprint density at radius 1 is 1.10 bits per heavy atom. The van der Waals surface area contributed by atoms with Crippen LogP contribution in [0.4, 0.5) is 0 Å². The minimum atomic E-state index is 0.499. The van der Waals surface area contributed by atoms with E-state index >= 15 is 0 Å². The molecule has 1 aromatic heterocycles. The van der Waals surface area contributed by atoms with Crippen LogP contribution in [0.15, 0.2) is 0 Å². The molecular weight excluding hydrogens is 246 g/mol.